The Hall–Kier alpha value is -1.56. The quantitative estimate of drug-likeness (QED) is 0.400. The van der Waals surface area contributed by atoms with E-state index in [0.717, 1.165) is 20.1 Å². The van der Waals surface area contributed by atoms with Crippen molar-refractivity contribution in [2.24, 2.45) is 0 Å². The molecule has 0 aliphatic rings. The van der Waals surface area contributed by atoms with Gasteiger partial charge in [0.15, 0.2) is 0 Å². The number of hydrogen-bond acceptors (Lipinski definition) is 4. The van der Waals surface area contributed by atoms with E-state index in [1.165, 1.54) is 11.3 Å². The highest BCUT2D eigenvalue weighted by Crippen LogP contribution is 2.38. The number of aryl methyl sites for hydroxylation is 1. The molecule has 0 aliphatic carbocycles. The molecule has 0 unspecified atom stereocenters. The van der Waals surface area contributed by atoms with Crippen LogP contribution in [0.4, 0.5) is 0 Å². The van der Waals surface area contributed by atoms with Crippen molar-refractivity contribution in [3.63, 3.8) is 0 Å². The van der Waals surface area contributed by atoms with E-state index >= 15 is 0 Å². The maximum absolute atomic E-state index is 12.4. The van der Waals surface area contributed by atoms with Crippen LogP contribution in [-0.4, -0.2) is 13.1 Å². The van der Waals surface area contributed by atoms with Crippen molar-refractivity contribution >= 4 is 54.9 Å². The topological polar surface area (TPSA) is 35.5 Å². The van der Waals surface area contributed by atoms with Crippen molar-refractivity contribution in [2.45, 2.75) is 6.92 Å². The molecule has 0 bridgehead atoms. The average Bonchev–Trinajstić information content (AvgIpc) is 2.86. The van der Waals surface area contributed by atoms with Gasteiger partial charge < -0.3 is 9.47 Å². The minimum Gasteiger partial charge on any atom is -0.497 e. The van der Waals surface area contributed by atoms with Gasteiger partial charge in [0.2, 0.25) is 0 Å². The number of hydrogen-bond donors (Lipinski definition) is 0. The van der Waals surface area contributed by atoms with Gasteiger partial charge in [0, 0.05) is 10.1 Å². The van der Waals surface area contributed by atoms with E-state index in [9.17, 15) is 4.79 Å². The van der Waals surface area contributed by atoms with Crippen LogP contribution in [0.25, 0.3) is 10.1 Å². The second kappa shape index (κ2) is 6.51. The Balaban J connectivity index is 1.96. The first-order valence-electron chi connectivity index (χ1n) is 6.74. The van der Waals surface area contributed by atoms with E-state index in [0.29, 0.717) is 21.4 Å². The number of halogens is 2. The lowest BCUT2D eigenvalue weighted by Crippen LogP contribution is -2.07. The summed E-state index contributed by atoms with van der Waals surface area (Å²) in [5.41, 5.74) is 1.07. The molecule has 0 fully saturated rings. The molecule has 6 heteroatoms. The first-order valence-corrected chi connectivity index (χ1v) is 8.72. The number of ether oxygens (including phenoxy) is 2. The molecule has 118 valence electrons. The number of benzene rings is 2. The first kappa shape index (κ1) is 16.3. The number of carbonyl (C=O) groups excluding carboxylic acids is 1. The molecular weight excluding hydrogens is 400 g/mol. The summed E-state index contributed by atoms with van der Waals surface area (Å²) < 4.78 is 12.3. The summed E-state index contributed by atoms with van der Waals surface area (Å²) in [5, 5.41) is 1.17. The highest BCUT2D eigenvalue weighted by Gasteiger charge is 2.20. The number of carbonyl (C=O) groups is 1. The van der Waals surface area contributed by atoms with Crippen LogP contribution in [0.15, 0.2) is 40.9 Å². The van der Waals surface area contributed by atoms with Crippen molar-refractivity contribution in [3.05, 3.63) is 56.3 Å². The minimum atomic E-state index is -0.472. The second-order valence-electron chi connectivity index (χ2n) is 4.93. The van der Waals surface area contributed by atoms with Gasteiger partial charge in [-0.05, 0) is 58.7 Å². The number of thiophene rings is 1. The second-order valence-corrected chi connectivity index (χ2v) is 7.22. The van der Waals surface area contributed by atoms with Crippen LogP contribution in [0, 0.1) is 6.92 Å². The summed E-state index contributed by atoms with van der Waals surface area (Å²) in [5.74, 6) is 0.685. The summed E-state index contributed by atoms with van der Waals surface area (Å²) in [6, 6.07) is 11.0. The molecule has 3 rings (SSSR count). The molecule has 2 aromatic carbocycles. The Kier molecular flexibility index (Phi) is 4.62. The zero-order chi connectivity index (χ0) is 16.6. The largest absolute Gasteiger partial charge is 0.497 e. The predicted octanol–water partition coefficient (Wildman–Crippen LogP) is 5.85. The Morgan fingerprint density at radius 3 is 2.70 bits per heavy atom. The van der Waals surface area contributed by atoms with Gasteiger partial charge >= 0.3 is 5.97 Å². The molecular formula is C17H12BrClO3S. The lowest BCUT2D eigenvalue weighted by molar-refractivity contribution is 0.0739. The maximum atomic E-state index is 12.4. The fourth-order valence-corrected chi connectivity index (χ4v) is 4.07. The van der Waals surface area contributed by atoms with Gasteiger partial charge in [-0.15, -0.1) is 11.3 Å². The van der Waals surface area contributed by atoms with Gasteiger partial charge in [0.25, 0.3) is 0 Å². The molecule has 0 radical (unpaired) electrons. The third-order valence-electron chi connectivity index (χ3n) is 3.31. The zero-order valence-electron chi connectivity index (χ0n) is 12.4. The molecule has 0 aliphatic heterocycles. The molecule has 3 aromatic rings. The fourth-order valence-electron chi connectivity index (χ4n) is 2.14. The molecule has 0 amide bonds. The highest BCUT2D eigenvalue weighted by atomic mass is 79.9. The van der Waals surface area contributed by atoms with Crippen molar-refractivity contribution < 1.29 is 14.3 Å². The summed E-state index contributed by atoms with van der Waals surface area (Å²) >= 11 is 11.1. The van der Waals surface area contributed by atoms with Crippen LogP contribution in [0.2, 0.25) is 5.02 Å². The van der Waals surface area contributed by atoms with E-state index in [4.69, 9.17) is 21.1 Å². The Morgan fingerprint density at radius 1 is 1.22 bits per heavy atom. The number of rotatable bonds is 3. The molecule has 0 atom stereocenters. The lowest BCUT2D eigenvalue weighted by atomic mass is 10.2. The van der Waals surface area contributed by atoms with Gasteiger partial charge in [-0.25, -0.2) is 4.79 Å². The van der Waals surface area contributed by atoms with E-state index in [2.05, 4.69) is 15.9 Å². The third-order valence-corrected chi connectivity index (χ3v) is 5.59. The number of methoxy groups -OCH3 is 1. The van der Waals surface area contributed by atoms with Crippen molar-refractivity contribution in [1.82, 2.24) is 0 Å². The molecule has 23 heavy (non-hydrogen) atoms. The Labute approximate surface area is 150 Å². The van der Waals surface area contributed by atoms with Crippen LogP contribution in [-0.2, 0) is 0 Å². The van der Waals surface area contributed by atoms with Crippen molar-refractivity contribution in [1.29, 1.82) is 0 Å². The zero-order valence-corrected chi connectivity index (χ0v) is 15.5. The average molecular weight is 412 g/mol. The molecule has 0 saturated carbocycles. The van der Waals surface area contributed by atoms with E-state index in [-0.39, 0.29) is 0 Å². The molecule has 1 aromatic heterocycles. The highest BCUT2D eigenvalue weighted by molar-refractivity contribution is 9.10. The molecule has 0 saturated heterocycles. The summed E-state index contributed by atoms with van der Waals surface area (Å²) in [4.78, 5) is 12.8. The monoisotopic (exact) mass is 410 g/mol. The van der Waals surface area contributed by atoms with E-state index < -0.39 is 5.97 Å². The van der Waals surface area contributed by atoms with Gasteiger partial charge in [-0.1, -0.05) is 17.7 Å². The van der Waals surface area contributed by atoms with Gasteiger partial charge in [0.1, 0.15) is 16.4 Å². The number of fused-ring (bicyclic) bond motifs is 1. The van der Waals surface area contributed by atoms with Crippen molar-refractivity contribution in [3.8, 4) is 11.5 Å². The SMILES string of the molecule is COc1ccc2sc(C(=O)Oc3ccc(C)cc3Br)c(Cl)c2c1. The van der Waals surface area contributed by atoms with Crippen LogP contribution < -0.4 is 9.47 Å². The maximum Gasteiger partial charge on any atom is 0.355 e. The van der Waals surface area contributed by atoms with Crippen LogP contribution in [0.3, 0.4) is 0 Å². The normalized spacial score (nSPS) is 10.8. The molecule has 0 spiro atoms. The lowest BCUT2D eigenvalue weighted by Gasteiger charge is -2.06. The first-order chi connectivity index (χ1) is 11.0. The smallest absolute Gasteiger partial charge is 0.355 e. The standard InChI is InChI=1S/C17H12BrClO3S/c1-9-3-5-13(12(18)7-9)22-17(20)16-15(19)11-8-10(21-2)4-6-14(11)23-16/h3-8H,1-2H3. The van der Waals surface area contributed by atoms with E-state index in [1.807, 2.05) is 37.3 Å². The predicted molar refractivity (Wildman–Crippen MR) is 97.2 cm³/mol. The molecule has 1 heterocycles. The summed E-state index contributed by atoms with van der Waals surface area (Å²) in [6.45, 7) is 1.96. The number of esters is 1. The minimum absolute atomic E-state index is 0.377. The third kappa shape index (κ3) is 3.22. The van der Waals surface area contributed by atoms with Crippen LogP contribution in [0.5, 0.6) is 11.5 Å². The van der Waals surface area contributed by atoms with Crippen LogP contribution in [0.1, 0.15) is 15.2 Å². The molecule has 0 N–H and O–H groups in total. The summed E-state index contributed by atoms with van der Waals surface area (Å²) in [6.07, 6.45) is 0. The molecule has 3 nitrogen and oxygen atoms in total. The van der Waals surface area contributed by atoms with Gasteiger partial charge in [0.05, 0.1) is 16.6 Å². The Morgan fingerprint density at radius 2 is 2.00 bits per heavy atom. The fraction of sp³-hybridized carbons (Fsp3) is 0.118. The van der Waals surface area contributed by atoms with Gasteiger partial charge in [-0.2, -0.15) is 0 Å². The summed E-state index contributed by atoms with van der Waals surface area (Å²) in [7, 11) is 1.59. The van der Waals surface area contributed by atoms with Crippen molar-refractivity contribution in [2.75, 3.05) is 7.11 Å². The Bertz CT molecular complexity index is 904. The van der Waals surface area contributed by atoms with E-state index in [1.54, 1.807) is 13.2 Å². The van der Waals surface area contributed by atoms with Gasteiger partial charge in [-0.3, -0.25) is 0 Å². The van der Waals surface area contributed by atoms with Crippen LogP contribution >= 0.6 is 38.9 Å².